The van der Waals surface area contributed by atoms with Gasteiger partial charge in [0.25, 0.3) is 0 Å². The summed E-state index contributed by atoms with van der Waals surface area (Å²) in [5.74, 6) is -1.08. The summed E-state index contributed by atoms with van der Waals surface area (Å²) < 4.78 is 31.3. The van der Waals surface area contributed by atoms with Crippen LogP contribution in [0.15, 0.2) is 30.0 Å². The molecule has 0 radical (unpaired) electrons. The van der Waals surface area contributed by atoms with Crippen molar-refractivity contribution in [3.05, 3.63) is 47.2 Å². The largest absolute Gasteiger partial charge is 0.495 e. The van der Waals surface area contributed by atoms with Crippen molar-refractivity contribution < 1.29 is 18.6 Å². The van der Waals surface area contributed by atoms with E-state index in [9.17, 15) is 13.9 Å². The molecule has 1 aliphatic heterocycles. The fraction of sp³-hybridized carbons (Fsp3) is 0.333. The van der Waals surface area contributed by atoms with Crippen LogP contribution in [0.2, 0.25) is 0 Å². The van der Waals surface area contributed by atoms with Crippen molar-refractivity contribution in [3.8, 4) is 0 Å². The highest BCUT2D eigenvalue weighted by Crippen LogP contribution is 2.33. The van der Waals surface area contributed by atoms with E-state index in [2.05, 4.69) is 0 Å². The first-order valence-corrected chi connectivity index (χ1v) is 5.02. The molecule has 0 bridgehead atoms. The summed E-state index contributed by atoms with van der Waals surface area (Å²) in [7, 11) is 0. The van der Waals surface area contributed by atoms with E-state index in [1.54, 1.807) is 6.08 Å². The van der Waals surface area contributed by atoms with E-state index in [1.807, 2.05) is 0 Å². The molecule has 86 valence electrons. The molecule has 2 nitrogen and oxygen atoms in total. The number of hydrogen-bond acceptors (Lipinski definition) is 2. The lowest BCUT2D eigenvalue weighted by molar-refractivity contribution is 0.0312. The smallest absolute Gasteiger partial charge is 0.143 e. The molecule has 4 heteroatoms. The Hall–Kier alpha value is -1.42. The average Bonchev–Trinajstić information content (AvgIpc) is 2.69. The van der Waals surface area contributed by atoms with Crippen molar-refractivity contribution in [1.29, 1.82) is 0 Å². The Kier molecular flexibility index (Phi) is 2.68. The molecule has 0 aromatic heterocycles. The first-order valence-electron chi connectivity index (χ1n) is 5.02. The standard InChI is InChI=1S/C12H12F2O2/c1-12(15,11-3-2-4-16-11)8-5-9(13)7-10(14)6-8/h3,5-7,15H,2,4H2,1H3. The molecular formula is C12H12F2O2. The first-order chi connectivity index (χ1) is 7.50. The second-order valence-electron chi connectivity index (χ2n) is 3.94. The predicted octanol–water partition coefficient (Wildman–Crippen LogP) is 2.48. The quantitative estimate of drug-likeness (QED) is 0.839. The molecule has 1 aromatic rings. The minimum Gasteiger partial charge on any atom is -0.495 e. The number of benzene rings is 1. The second-order valence-corrected chi connectivity index (χ2v) is 3.94. The molecule has 0 spiro atoms. The normalized spacial score (nSPS) is 18.9. The summed E-state index contributed by atoms with van der Waals surface area (Å²) in [5.41, 5.74) is -1.34. The molecule has 0 saturated heterocycles. The predicted molar refractivity (Wildman–Crippen MR) is 54.6 cm³/mol. The van der Waals surface area contributed by atoms with Gasteiger partial charge < -0.3 is 9.84 Å². The summed E-state index contributed by atoms with van der Waals surface area (Å²) in [4.78, 5) is 0. The Labute approximate surface area is 92.2 Å². The molecule has 2 rings (SSSR count). The van der Waals surface area contributed by atoms with Gasteiger partial charge >= 0.3 is 0 Å². The van der Waals surface area contributed by atoms with Gasteiger partial charge in [0.2, 0.25) is 0 Å². The number of halogens is 2. The molecule has 1 N–H and O–H groups in total. The van der Waals surface area contributed by atoms with E-state index < -0.39 is 17.2 Å². The molecule has 0 fully saturated rings. The maximum atomic E-state index is 13.0. The van der Waals surface area contributed by atoms with Crippen molar-refractivity contribution in [2.75, 3.05) is 6.61 Å². The topological polar surface area (TPSA) is 29.5 Å². The molecule has 1 unspecified atom stereocenters. The van der Waals surface area contributed by atoms with E-state index in [0.717, 1.165) is 18.2 Å². The molecular weight excluding hydrogens is 214 g/mol. The molecule has 1 heterocycles. The maximum absolute atomic E-state index is 13.0. The molecule has 0 saturated carbocycles. The molecule has 1 aromatic carbocycles. The SMILES string of the molecule is CC(O)(C1=CCCO1)c1cc(F)cc(F)c1. The van der Waals surface area contributed by atoms with Crippen LogP contribution >= 0.6 is 0 Å². The van der Waals surface area contributed by atoms with Crippen LogP contribution in [0, 0.1) is 11.6 Å². The van der Waals surface area contributed by atoms with Crippen LogP contribution in [0.4, 0.5) is 8.78 Å². The lowest BCUT2D eigenvalue weighted by Crippen LogP contribution is -2.24. The van der Waals surface area contributed by atoms with Gasteiger partial charge in [-0.05, 0) is 30.7 Å². The Morgan fingerprint density at radius 2 is 1.88 bits per heavy atom. The zero-order valence-electron chi connectivity index (χ0n) is 8.84. The molecule has 1 aliphatic rings. The third-order valence-corrected chi connectivity index (χ3v) is 2.61. The number of ether oxygens (including phenoxy) is 1. The summed E-state index contributed by atoms with van der Waals surface area (Å²) >= 11 is 0. The highest BCUT2D eigenvalue weighted by Gasteiger charge is 2.32. The minimum absolute atomic E-state index is 0.151. The van der Waals surface area contributed by atoms with Crippen LogP contribution in [0.1, 0.15) is 18.9 Å². The summed E-state index contributed by atoms with van der Waals surface area (Å²) in [6.07, 6.45) is 2.42. The van der Waals surface area contributed by atoms with E-state index >= 15 is 0 Å². The molecule has 0 aliphatic carbocycles. The van der Waals surface area contributed by atoms with Gasteiger partial charge in [-0.1, -0.05) is 0 Å². The van der Waals surface area contributed by atoms with E-state index in [1.165, 1.54) is 6.92 Å². The average molecular weight is 226 g/mol. The van der Waals surface area contributed by atoms with Gasteiger partial charge in [-0.2, -0.15) is 0 Å². The lowest BCUT2D eigenvalue weighted by Gasteiger charge is -2.24. The second kappa shape index (κ2) is 3.87. The zero-order valence-corrected chi connectivity index (χ0v) is 8.84. The van der Waals surface area contributed by atoms with Gasteiger partial charge in [0.1, 0.15) is 23.0 Å². The summed E-state index contributed by atoms with van der Waals surface area (Å²) in [5, 5.41) is 10.2. The number of aliphatic hydroxyl groups is 1. The van der Waals surface area contributed by atoms with Gasteiger partial charge in [0.15, 0.2) is 0 Å². The first kappa shape index (κ1) is 11.1. The van der Waals surface area contributed by atoms with Crippen LogP contribution in [0.3, 0.4) is 0 Å². The van der Waals surface area contributed by atoms with Crippen molar-refractivity contribution in [2.24, 2.45) is 0 Å². The minimum atomic E-state index is -1.49. The highest BCUT2D eigenvalue weighted by atomic mass is 19.1. The van der Waals surface area contributed by atoms with Gasteiger partial charge in [-0.15, -0.1) is 0 Å². The Morgan fingerprint density at radius 3 is 2.38 bits per heavy atom. The maximum Gasteiger partial charge on any atom is 0.143 e. The lowest BCUT2D eigenvalue weighted by atomic mass is 9.93. The number of rotatable bonds is 2. The van der Waals surface area contributed by atoms with Gasteiger partial charge in [-0.25, -0.2) is 8.78 Å². The molecule has 16 heavy (non-hydrogen) atoms. The van der Waals surface area contributed by atoms with Crippen molar-refractivity contribution in [2.45, 2.75) is 18.9 Å². The van der Waals surface area contributed by atoms with Crippen LogP contribution in [-0.2, 0) is 10.3 Å². The monoisotopic (exact) mass is 226 g/mol. The molecule has 1 atom stereocenters. The van der Waals surface area contributed by atoms with Crippen molar-refractivity contribution >= 4 is 0 Å². The fourth-order valence-electron chi connectivity index (χ4n) is 1.73. The Balaban J connectivity index is 2.41. The van der Waals surface area contributed by atoms with E-state index in [4.69, 9.17) is 4.74 Å². The van der Waals surface area contributed by atoms with Crippen molar-refractivity contribution in [1.82, 2.24) is 0 Å². The third kappa shape index (κ3) is 1.93. The Bertz CT molecular complexity index is 418. The van der Waals surface area contributed by atoms with Crippen LogP contribution < -0.4 is 0 Å². The Morgan fingerprint density at radius 1 is 1.25 bits per heavy atom. The van der Waals surface area contributed by atoms with Gasteiger partial charge in [0.05, 0.1) is 6.61 Å². The summed E-state index contributed by atoms with van der Waals surface area (Å²) in [6, 6.07) is 2.97. The van der Waals surface area contributed by atoms with Crippen LogP contribution in [0.25, 0.3) is 0 Å². The summed E-state index contributed by atoms with van der Waals surface area (Å²) in [6.45, 7) is 1.95. The van der Waals surface area contributed by atoms with Crippen molar-refractivity contribution in [3.63, 3.8) is 0 Å². The van der Waals surface area contributed by atoms with Gasteiger partial charge in [0, 0.05) is 12.5 Å². The highest BCUT2D eigenvalue weighted by molar-refractivity contribution is 5.31. The van der Waals surface area contributed by atoms with E-state index in [-0.39, 0.29) is 5.56 Å². The zero-order chi connectivity index (χ0) is 11.8. The van der Waals surface area contributed by atoms with Gasteiger partial charge in [-0.3, -0.25) is 0 Å². The molecule has 0 amide bonds. The van der Waals surface area contributed by atoms with Crippen LogP contribution in [-0.4, -0.2) is 11.7 Å². The number of hydrogen-bond donors (Lipinski definition) is 1. The fourth-order valence-corrected chi connectivity index (χ4v) is 1.73. The van der Waals surface area contributed by atoms with E-state index in [0.29, 0.717) is 18.8 Å². The van der Waals surface area contributed by atoms with Crippen LogP contribution in [0.5, 0.6) is 0 Å². The third-order valence-electron chi connectivity index (χ3n) is 2.61.